The van der Waals surface area contributed by atoms with E-state index in [-0.39, 0.29) is 39.2 Å². The third kappa shape index (κ3) is 6.41. The van der Waals surface area contributed by atoms with Gasteiger partial charge in [-0.3, -0.25) is 0 Å². The van der Waals surface area contributed by atoms with Crippen molar-refractivity contribution in [1.29, 1.82) is 0 Å². The minimum Gasteiger partial charge on any atom is -0.454 e. The van der Waals surface area contributed by atoms with E-state index in [0.29, 0.717) is 0 Å². The van der Waals surface area contributed by atoms with Crippen LogP contribution in [-0.4, -0.2) is 6.71 Å². The highest BCUT2D eigenvalue weighted by molar-refractivity contribution is 7.00. The third-order valence-corrected chi connectivity index (χ3v) is 19.2. The lowest BCUT2D eigenvalue weighted by Gasteiger charge is -2.48. The van der Waals surface area contributed by atoms with Gasteiger partial charge in [-0.25, -0.2) is 0 Å². The predicted octanol–water partition coefficient (Wildman–Crippen LogP) is 16.7. The molecule has 0 N–H and O–H groups in total. The molecule has 3 heterocycles. The molecule has 71 heavy (non-hydrogen) atoms. The first kappa shape index (κ1) is 44.9. The number of anilines is 6. The van der Waals surface area contributed by atoms with E-state index < -0.39 is 0 Å². The van der Waals surface area contributed by atoms with Gasteiger partial charge in [0.1, 0.15) is 5.58 Å². The van der Waals surface area contributed by atoms with E-state index >= 15 is 0 Å². The Bertz CT molecular complexity index is 3580. The molecule has 0 atom stereocenters. The van der Waals surface area contributed by atoms with Crippen LogP contribution >= 0.6 is 0 Å². The van der Waals surface area contributed by atoms with Crippen LogP contribution in [0.25, 0.3) is 33.1 Å². The summed E-state index contributed by atoms with van der Waals surface area (Å²) in [5.74, 6) is 0. The van der Waals surface area contributed by atoms with E-state index in [1.165, 1.54) is 125 Å². The standard InChI is InChI=1S/C67H71BN2O/c1-40-19-17-18-22-54(40)70-57-34-42(41-20-15-14-16-21-41)33-56-59(57)68(52-26-24-44-45-36-48-51(39-58(45)71-61(44)60(52)70)67(12,13)32-29-64(48,6)7)53-37-49-50(66(10,11)31-30-65(49,8)9)38-55(53)69(56)43-23-25-46-47(35-43)63(4,5)28-27-62(46,2)3/h14-26,33-39H,27-32H2,1-13H3. The van der Waals surface area contributed by atoms with Gasteiger partial charge in [-0.1, -0.05) is 156 Å². The quantitative estimate of drug-likeness (QED) is 0.165. The van der Waals surface area contributed by atoms with Crippen molar-refractivity contribution >= 4 is 79.2 Å². The molecule has 5 aliphatic rings. The van der Waals surface area contributed by atoms with Crippen LogP contribution in [0.2, 0.25) is 0 Å². The van der Waals surface area contributed by atoms with E-state index in [1.807, 2.05) is 0 Å². The average Bonchev–Trinajstić information content (AvgIpc) is 3.71. The lowest BCUT2D eigenvalue weighted by Crippen LogP contribution is -2.62. The predicted molar refractivity (Wildman–Crippen MR) is 304 cm³/mol. The van der Waals surface area contributed by atoms with Crippen LogP contribution in [0.15, 0.2) is 126 Å². The van der Waals surface area contributed by atoms with Crippen molar-refractivity contribution < 1.29 is 4.42 Å². The molecule has 358 valence electrons. The first-order valence-corrected chi connectivity index (χ1v) is 26.8. The first-order valence-electron chi connectivity index (χ1n) is 26.8. The molecule has 0 saturated heterocycles. The molecule has 1 aromatic heterocycles. The number of rotatable bonds is 3. The summed E-state index contributed by atoms with van der Waals surface area (Å²) < 4.78 is 7.51. The van der Waals surface area contributed by atoms with Crippen molar-refractivity contribution in [2.24, 2.45) is 0 Å². The summed E-state index contributed by atoms with van der Waals surface area (Å²) in [4.78, 5) is 5.31. The van der Waals surface area contributed by atoms with Crippen LogP contribution in [0.1, 0.15) is 161 Å². The molecule has 0 radical (unpaired) electrons. The molecule has 0 spiro atoms. The fourth-order valence-electron chi connectivity index (χ4n) is 14.3. The number of fused-ring (bicyclic) bond motifs is 11. The van der Waals surface area contributed by atoms with Gasteiger partial charge in [0.05, 0.1) is 5.69 Å². The van der Waals surface area contributed by atoms with Crippen molar-refractivity contribution in [3.8, 4) is 11.1 Å². The smallest absolute Gasteiger partial charge is 0.252 e. The molecule has 13 rings (SSSR count). The number of hydrogen-bond acceptors (Lipinski definition) is 3. The van der Waals surface area contributed by atoms with E-state index in [1.54, 1.807) is 0 Å². The number of furan rings is 1. The third-order valence-electron chi connectivity index (χ3n) is 19.2. The van der Waals surface area contributed by atoms with E-state index in [4.69, 9.17) is 4.42 Å². The Morgan fingerprint density at radius 3 is 1.58 bits per heavy atom. The van der Waals surface area contributed by atoms with E-state index in [0.717, 1.165) is 36.1 Å². The number of benzene rings is 7. The molecule has 3 aliphatic carbocycles. The first-order chi connectivity index (χ1) is 33.6. The molecule has 4 heteroatoms. The second-order valence-corrected chi connectivity index (χ2v) is 26.6. The summed E-state index contributed by atoms with van der Waals surface area (Å²) in [6.07, 6.45) is 7.01. The zero-order valence-electron chi connectivity index (χ0n) is 44.7. The number of para-hydroxylation sites is 1. The van der Waals surface area contributed by atoms with Gasteiger partial charge in [0, 0.05) is 39.2 Å². The average molecular weight is 931 g/mol. The van der Waals surface area contributed by atoms with Crippen LogP contribution in [0.5, 0.6) is 0 Å². The molecule has 0 fully saturated rings. The summed E-state index contributed by atoms with van der Waals surface area (Å²) in [7, 11) is 0. The molecule has 0 unspecified atom stereocenters. The van der Waals surface area contributed by atoms with Gasteiger partial charge in [0.25, 0.3) is 6.71 Å². The van der Waals surface area contributed by atoms with E-state index in [9.17, 15) is 0 Å². The molecular formula is C67H71BN2O. The fraction of sp³-hybridized carbons (Fsp3) is 0.373. The Labute approximate surface area is 423 Å². The Morgan fingerprint density at radius 1 is 0.408 bits per heavy atom. The molecule has 0 amide bonds. The molecular weight excluding hydrogens is 860 g/mol. The van der Waals surface area contributed by atoms with Crippen molar-refractivity contribution in [3.63, 3.8) is 0 Å². The van der Waals surface area contributed by atoms with Crippen molar-refractivity contribution in [3.05, 3.63) is 160 Å². The summed E-state index contributed by atoms with van der Waals surface area (Å²) >= 11 is 0. The van der Waals surface area contributed by atoms with Gasteiger partial charge in [-0.2, -0.15) is 0 Å². The van der Waals surface area contributed by atoms with Gasteiger partial charge in [0.2, 0.25) is 0 Å². The highest BCUT2D eigenvalue weighted by Crippen LogP contribution is 2.55. The lowest BCUT2D eigenvalue weighted by molar-refractivity contribution is 0.332. The van der Waals surface area contributed by atoms with E-state index in [2.05, 4.69) is 221 Å². The van der Waals surface area contributed by atoms with Crippen LogP contribution in [-0.2, 0) is 32.5 Å². The summed E-state index contributed by atoms with van der Waals surface area (Å²) in [6.45, 7) is 31.7. The second-order valence-electron chi connectivity index (χ2n) is 26.6. The van der Waals surface area contributed by atoms with Crippen LogP contribution in [0.3, 0.4) is 0 Å². The van der Waals surface area contributed by atoms with Gasteiger partial charge < -0.3 is 14.2 Å². The Kier molecular flexibility index (Phi) is 9.22. The van der Waals surface area contributed by atoms with Gasteiger partial charge in [-0.05, 0) is 193 Å². The summed E-state index contributed by atoms with van der Waals surface area (Å²) in [5.41, 5.74) is 26.2. The van der Waals surface area contributed by atoms with Crippen LogP contribution in [0, 0.1) is 6.92 Å². The van der Waals surface area contributed by atoms with Crippen molar-refractivity contribution in [2.45, 2.75) is 161 Å². The Hall–Kier alpha value is -6.00. The zero-order chi connectivity index (χ0) is 49.5. The second kappa shape index (κ2) is 14.6. The summed E-state index contributed by atoms with van der Waals surface area (Å²) in [6, 6.07) is 47.8. The maximum Gasteiger partial charge on any atom is 0.252 e. The molecule has 2 aliphatic heterocycles. The highest BCUT2D eigenvalue weighted by Gasteiger charge is 2.49. The lowest BCUT2D eigenvalue weighted by atomic mass is 9.33. The number of nitrogens with zero attached hydrogens (tertiary/aromatic N) is 2. The minimum atomic E-state index is -0.0471. The van der Waals surface area contributed by atoms with Gasteiger partial charge >= 0.3 is 0 Å². The summed E-state index contributed by atoms with van der Waals surface area (Å²) in [5, 5.41) is 2.40. The fourth-order valence-corrected chi connectivity index (χ4v) is 14.3. The highest BCUT2D eigenvalue weighted by atomic mass is 16.3. The largest absolute Gasteiger partial charge is 0.454 e. The zero-order valence-corrected chi connectivity index (χ0v) is 44.7. The van der Waals surface area contributed by atoms with Crippen molar-refractivity contribution in [1.82, 2.24) is 0 Å². The maximum atomic E-state index is 7.51. The Morgan fingerprint density at radius 2 is 0.944 bits per heavy atom. The SMILES string of the molecule is Cc1ccccc1N1c2cc(-c3ccccc3)cc3c2B(c2cc4c(cc2N3c2ccc3c(c2)C(C)(C)CCC3(C)C)C(C)(C)CCC4(C)C)c2ccc3c(oc4cc5c(cc43)C(C)(C)CCC5(C)C)c21. The molecule has 0 bridgehead atoms. The molecule has 7 aromatic carbocycles. The number of aryl methyl sites for hydroxylation is 1. The van der Waals surface area contributed by atoms with Crippen LogP contribution < -0.4 is 26.2 Å². The van der Waals surface area contributed by atoms with Gasteiger partial charge in [0.15, 0.2) is 5.58 Å². The van der Waals surface area contributed by atoms with Crippen molar-refractivity contribution in [2.75, 3.05) is 9.80 Å². The van der Waals surface area contributed by atoms with Crippen LogP contribution in [0.4, 0.5) is 34.1 Å². The number of hydrogen-bond donors (Lipinski definition) is 0. The molecule has 0 saturated carbocycles. The molecule has 8 aromatic rings. The normalized spacial score (nSPS) is 20.2. The topological polar surface area (TPSA) is 19.6 Å². The minimum absolute atomic E-state index is 0.0274. The monoisotopic (exact) mass is 931 g/mol. The van der Waals surface area contributed by atoms with Gasteiger partial charge in [-0.15, -0.1) is 0 Å². The molecule has 3 nitrogen and oxygen atoms in total. The Balaban J connectivity index is 1.19. The maximum absolute atomic E-state index is 7.51.